The molecule has 0 unspecified atom stereocenters. The molecule has 1 amide bonds. The molecule has 0 spiro atoms. The maximum Gasteiger partial charge on any atom is 0.248 e. The van der Waals surface area contributed by atoms with E-state index in [2.05, 4.69) is 5.32 Å². The van der Waals surface area contributed by atoms with Gasteiger partial charge in [0.05, 0.1) is 0 Å². The van der Waals surface area contributed by atoms with Crippen LogP contribution in [-0.2, 0) is 13.0 Å². The summed E-state index contributed by atoms with van der Waals surface area (Å²) in [7, 11) is 0. The van der Waals surface area contributed by atoms with Crippen LogP contribution < -0.4 is 11.1 Å². The van der Waals surface area contributed by atoms with Gasteiger partial charge in [-0.2, -0.15) is 0 Å². The minimum atomic E-state index is -0.498. The smallest absolute Gasteiger partial charge is 0.248 e. The zero-order valence-electron chi connectivity index (χ0n) is 11.4. The van der Waals surface area contributed by atoms with Crippen molar-refractivity contribution in [3.63, 3.8) is 0 Å². The van der Waals surface area contributed by atoms with E-state index in [1.165, 1.54) is 12.1 Å². The molecule has 2 aromatic carbocycles. The number of rotatable bonds is 6. The lowest BCUT2D eigenvalue weighted by atomic mass is 10.1. The van der Waals surface area contributed by atoms with Crippen molar-refractivity contribution in [1.82, 2.24) is 5.32 Å². The van der Waals surface area contributed by atoms with E-state index in [0.29, 0.717) is 23.7 Å². The number of benzene rings is 2. The Labute approximate surface area is 127 Å². The van der Waals surface area contributed by atoms with Crippen LogP contribution in [0.4, 0.5) is 4.39 Å². The summed E-state index contributed by atoms with van der Waals surface area (Å²) in [6.45, 7) is 1.28. The monoisotopic (exact) mass is 306 g/mol. The third-order valence-electron chi connectivity index (χ3n) is 3.13. The van der Waals surface area contributed by atoms with Crippen LogP contribution in [0.15, 0.2) is 42.5 Å². The number of carbonyl (C=O) groups excluding carboxylic acids is 1. The van der Waals surface area contributed by atoms with Gasteiger partial charge in [-0.3, -0.25) is 4.79 Å². The highest BCUT2D eigenvalue weighted by molar-refractivity contribution is 6.31. The van der Waals surface area contributed by atoms with E-state index in [-0.39, 0.29) is 5.82 Å². The van der Waals surface area contributed by atoms with Crippen molar-refractivity contribution in [2.75, 3.05) is 6.54 Å². The number of halogens is 2. The molecule has 110 valence electrons. The molecular formula is C16H16ClFN2O. The van der Waals surface area contributed by atoms with Crippen molar-refractivity contribution < 1.29 is 9.18 Å². The minimum absolute atomic E-state index is 0.224. The molecule has 0 heterocycles. The van der Waals surface area contributed by atoms with E-state index in [1.54, 1.807) is 24.3 Å². The van der Waals surface area contributed by atoms with Crippen LogP contribution in [0.1, 0.15) is 21.5 Å². The number of nitrogens with two attached hydrogens (primary N) is 1. The third-order valence-corrected chi connectivity index (χ3v) is 3.48. The Morgan fingerprint density at radius 1 is 1.24 bits per heavy atom. The van der Waals surface area contributed by atoms with Crippen molar-refractivity contribution in [2.24, 2.45) is 5.73 Å². The first kappa shape index (κ1) is 15.5. The summed E-state index contributed by atoms with van der Waals surface area (Å²) in [6, 6.07) is 11.5. The summed E-state index contributed by atoms with van der Waals surface area (Å²) in [6.07, 6.45) is 0.731. The van der Waals surface area contributed by atoms with Gasteiger partial charge in [-0.1, -0.05) is 29.8 Å². The Morgan fingerprint density at radius 3 is 2.71 bits per heavy atom. The summed E-state index contributed by atoms with van der Waals surface area (Å²) >= 11 is 6.09. The van der Waals surface area contributed by atoms with Gasteiger partial charge in [0.25, 0.3) is 0 Å². The molecule has 5 heteroatoms. The zero-order chi connectivity index (χ0) is 15.2. The summed E-state index contributed by atoms with van der Waals surface area (Å²) < 4.78 is 13.0. The molecule has 0 aliphatic carbocycles. The van der Waals surface area contributed by atoms with E-state index >= 15 is 0 Å². The topological polar surface area (TPSA) is 55.1 Å². The highest BCUT2D eigenvalue weighted by Gasteiger charge is 2.05. The largest absolute Gasteiger partial charge is 0.366 e. The van der Waals surface area contributed by atoms with Crippen LogP contribution in [0.25, 0.3) is 0 Å². The van der Waals surface area contributed by atoms with Crippen LogP contribution in [0.2, 0.25) is 5.02 Å². The Bertz CT molecular complexity index is 646. The average molecular weight is 307 g/mol. The lowest BCUT2D eigenvalue weighted by molar-refractivity contribution is 0.100. The van der Waals surface area contributed by atoms with Gasteiger partial charge in [0.2, 0.25) is 5.91 Å². The maximum absolute atomic E-state index is 13.0. The fraction of sp³-hybridized carbons (Fsp3) is 0.188. The predicted molar refractivity (Wildman–Crippen MR) is 81.8 cm³/mol. The van der Waals surface area contributed by atoms with Crippen molar-refractivity contribution >= 4 is 17.5 Å². The van der Waals surface area contributed by atoms with Crippen LogP contribution in [-0.4, -0.2) is 12.5 Å². The Hall–Kier alpha value is -1.91. The highest BCUT2D eigenvalue weighted by atomic mass is 35.5. The Kier molecular flexibility index (Phi) is 5.31. The zero-order valence-corrected chi connectivity index (χ0v) is 12.2. The molecule has 0 aromatic heterocycles. The molecule has 0 aliphatic rings. The lowest BCUT2D eigenvalue weighted by Gasteiger charge is -2.08. The van der Waals surface area contributed by atoms with Gasteiger partial charge in [-0.25, -0.2) is 4.39 Å². The van der Waals surface area contributed by atoms with Crippen molar-refractivity contribution in [2.45, 2.75) is 13.0 Å². The van der Waals surface area contributed by atoms with Crippen molar-refractivity contribution in [3.05, 3.63) is 70.0 Å². The molecule has 3 nitrogen and oxygen atoms in total. The Balaban J connectivity index is 1.85. The number of primary amides is 1. The average Bonchev–Trinajstić information content (AvgIpc) is 2.45. The van der Waals surface area contributed by atoms with Crippen molar-refractivity contribution in [3.8, 4) is 0 Å². The first-order chi connectivity index (χ1) is 10.1. The maximum atomic E-state index is 13.0. The van der Waals surface area contributed by atoms with Crippen LogP contribution in [0, 0.1) is 5.82 Å². The first-order valence-corrected chi connectivity index (χ1v) is 6.97. The number of carbonyl (C=O) groups is 1. The number of nitrogens with one attached hydrogen (secondary N) is 1. The van der Waals surface area contributed by atoms with Gasteiger partial charge in [0.15, 0.2) is 0 Å². The number of hydrogen-bond donors (Lipinski definition) is 2. The number of amides is 1. The van der Waals surface area contributed by atoms with Gasteiger partial charge in [-0.15, -0.1) is 0 Å². The van der Waals surface area contributed by atoms with E-state index in [1.807, 2.05) is 6.07 Å². The molecule has 0 saturated carbocycles. The molecule has 2 rings (SSSR count). The fourth-order valence-electron chi connectivity index (χ4n) is 1.99. The Morgan fingerprint density at radius 2 is 2.05 bits per heavy atom. The van der Waals surface area contributed by atoms with Gasteiger partial charge >= 0.3 is 0 Å². The molecular weight excluding hydrogens is 291 g/mol. The normalized spacial score (nSPS) is 10.6. The van der Waals surface area contributed by atoms with Crippen LogP contribution in [0.5, 0.6) is 0 Å². The van der Waals surface area contributed by atoms with Gasteiger partial charge in [-0.05, 0) is 48.4 Å². The van der Waals surface area contributed by atoms with E-state index < -0.39 is 5.91 Å². The quantitative estimate of drug-likeness (QED) is 0.806. The van der Waals surface area contributed by atoms with E-state index in [0.717, 1.165) is 17.5 Å². The van der Waals surface area contributed by atoms with Gasteiger partial charge < -0.3 is 11.1 Å². The minimum Gasteiger partial charge on any atom is -0.366 e. The van der Waals surface area contributed by atoms with Gasteiger partial charge in [0, 0.05) is 17.1 Å². The molecule has 0 radical (unpaired) electrons. The van der Waals surface area contributed by atoms with Crippen LogP contribution in [0.3, 0.4) is 0 Å². The highest BCUT2D eigenvalue weighted by Crippen LogP contribution is 2.17. The molecule has 0 saturated heterocycles. The molecule has 0 atom stereocenters. The summed E-state index contributed by atoms with van der Waals surface area (Å²) in [5.41, 5.74) is 7.41. The second-order valence-electron chi connectivity index (χ2n) is 4.73. The standard InChI is InChI=1S/C16H16ClFN2O/c17-15-9-12(16(19)21)4-5-13(15)10-20-7-6-11-2-1-3-14(18)8-11/h1-5,8-9,20H,6-7,10H2,(H2,19,21). The molecule has 0 aliphatic heterocycles. The third kappa shape index (κ3) is 4.55. The summed E-state index contributed by atoms with van der Waals surface area (Å²) in [5, 5.41) is 3.74. The molecule has 21 heavy (non-hydrogen) atoms. The predicted octanol–water partition coefficient (Wildman–Crippen LogP) is 2.91. The molecule has 3 N–H and O–H groups in total. The fourth-order valence-corrected chi connectivity index (χ4v) is 2.24. The van der Waals surface area contributed by atoms with Crippen LogP contribution >= 0.6 is 11.6 Å². The molecule has 0 fully saturated rings. The second-order valence-corrected chi connectivity index (χ2v) is 5.13. The SMILES string of the molecule is NC(=O)c1ccc(CNCCc2cccc(F)c2)c(Cl)c1. The lowest BCUT2D eigenvalue weighted by Crippen LogP contribution is -2.17. The first-order valence-electron chi connectivity index (χ1n) is 6.59. The summed E-state index contributed by atoms with van der Waals surface area (Å²) in [5.74, 6) is -0.722. The molecule has 0 bridgehead atoms. The van der Waals surface area contributed by atoms with E-state index in [4.69, 9.17) is 17.3 Å². The summed E-state index contributed by atoms with van der Waals surface area (Å²) in [4.78, 5) is 11.0. The van der Waals surface area contributed by atoms with Gasteiger partial charge in [0.1, 0.15) is 5.82 Å². The molecule has 2 aromatic rings. The van der Waals surface area contributed by atoms with E-state index in [9.17, 15) is 9.18 Å². The number of hydrogen-bond acceptors (Lipinski definition) is 2. The van der Waals surface area contributed by atoms with Crippen molar-refractivity contribution in [1.29, 1.82) is 0 Å². The second kappa shape index (κ2) is 7.20.